The molecule has 0 bridgehead atoms. The van der Waals surface area contributed by atoms with Crippen LogP contribution in [0.1, 0.15) is 30.5 Å². The van der Waals surface area contributed by atoms with Gasteiger partial charge in [-0.15, -0.1) is 0 Å². The Bertz CT molecular complexity index is 959. The van der Waals surface area contributed by atoms with Gasteiger partial charge in [0.2, 0.25) is 15.9 Å². The molecule has 1 atom stereocenters. The van der Waals surface area contributed by atoms with Gasteiger partial charge in [-0.2, -0.15) is 0 Å². The number of aryl methyl sites for hydroxylation is 1. The van der Waals surface area contributed by atoms with Crippen LogP contribution in [0.2, 0.25) is 0 Å². The van der Waals surface area contributed by atoms with Crippen molar-refractivity contribution in [2.75, 3.05) is 31.3 Å². The molecule has 7 nitrogen and oxygen atoms in total. The van der Waals surface area contributed by atoms with Crippen molar-refractivity contribution in [1.29, 1.82) is 0 Å². The third-order valence-electron chi connectivity index (χ3n) is 4.63. The number of nitrogens with zero attached hydrogens (tertiary/aromatic N) is 1. The molecule has 0 radical (unpaired) electrons. The van der Waals surface area contributed by atoms with Crippen LogP contribution in [-0.4, -0.2) is 41.3 Å². The third kappa shape index (κ3) is 5.63. The lowest BCUT2D eigenvalue weighted by molar-refractivity contribution is -0.120. The van der Waals surface area contributed by atoms with Crippen LogP contribution in [0.25, 0.3) is 0 Å². The summed E-state index contributed by atoms with van der Waals surface area (Å²) in [7, 11) is -0.520. The van der Waals surface area contributed by atoms with Crippen molar-refractivity contribution in [3.05, 3.63) is 53.6 Å². The first-order valence-electron chi connectivity index (χ1n) is 9.25. The predicted octanol–water partition coefficient (Wildman–Crippen LogP) is 3.05. The van der Waals surface area contributed by atoms with Gasteiger partial charge in [0.1, 0.15) is 6.54 Å². The molecule has 0 fully saturated rings. The second kappa shape index (κ2) is 9.65. The van der Waals surface area contributed by atoms with E-state index in [1.165, 1.54) is 0 Å². The molecule has 0 saturated carbocycles. The van der Waals surface area contributed by atoms with Crippen LogP contribution in [0.4, 0.5) is 5.69 Å². The summed E-state index contributed by atoms with van der Waals surface area (Å²) in [4.78, 5) is 12.7. The molecular formula is C21H28N2O5S. The molecule has 0 heterocycles. The third-order valence-corrected chi connectivity index (χ3v) is 5.75. The van der Waals surface area contributed by atoms with Crippen LogP contribution in [0.3, 0.4) is 0 Å². The highest BCUT2D eigenvalue weighted by molar-refractivity contribution is 7.92. The highest BCUT2D eigenvalue weighted by Gasteiger charge is 2.24. The van der Waals surface area contributed by atoms with E-state index >= 15 is 0 Å². The Labute approximate surface area is 172 Å². The lowest BCUT2D eigenvalue weighted by Gasteiger charge is -2.25. The molecule has 2 aromatic rings. The van der Waals surface area contributed by atoms with Crippen LogP contribution in [0.15, 0.2) is 42.5 Å². The quantitative estimate of drug-likeness (QED) is 0.674. The van der Waals surface area contributed by atoms with Gasteiger partial charge in [-0.3, -0.25) is 9.10 Å². The molecule has 0 aliphatic heterocycles. The molecule has 0 spiro atoms. The maximum Gasteiger partial charge on any atom is 0.241 e. The summed E-state index contributed by atoms with van der Waals surface area (Å²) >= 11 is 0. The molecule has 2 rings (SSSR count). The second-order valence-corrected chi connectivity index (χ2v) is 8.61. The van der Waals surface area contributed by atoms with Gasteiger partial charge < -0.3 is 14.8 Å². The molecule has 0 aromatic heterocycles. The fourth-order valence-electron chi connectivity index (χ4n) is 3.09. The molecule has 1 N–H and O–H groups in total. The van der Waals surface area contributed by atoms with E-state index in [9.17, 15) is 13.2 Å². The number of sulfonamides is 1. The maximum absolute atomic E-state index is 12.7. The highest BCUT2D eigenvalue weighted by atomic mass is 32.2. The SMILES string of the molecule is CC[C@@H](NC(=O)CN(c1ccccc1C)S(C)(=O)=O)c1ccc(OC)c(OC)c1. The van der Waals surface area contributed by atoms with Crippen molar-refractivity contribution < 1.29 is 22.7 Å². The zero-order valence-electron chi connectivity index (χ0n) is 17.4. The molecule has 158 valence electrons. The van der Waals surface area contributed by atoms with E-state index in [1.54, 1.807) is 32.4 Å². The number of carbonyl (C=O) groups excluding carboxylic acids is 1. The number of hydrogen-bond acceptors (Lipinski definition) is 5. The number of nitrogens with one attached hydrogen (secondary N) is 1. The van der Waals surface area contributed by atoms with Gasteiger partial charge in [-0.1, -0.05) is 31.2 Å². The first-order chi connectivity index (χ1) is 13.7. The standard InChI is InChI=1S/C21H28N2O5S/c1-6-17(16-11-12-19(27-3)20(13-16)28-4)22-21(24)14-23(29(5,25)26)18-10-8-7-9-15(18)2/h7-13,17H,6,14H2,1-5H3,(H,22,24)/t17-/m1/s1. The minimum Gasteiger partial charge on any atom is -0.493 e. The van der Waals surface area contributed by atoms with E-state index in [0.29, 0.717) is 23.6 Å². The number of amides is 1. The van der Waals surface area contributed by atoms with Gasteiger partial charge >= 0.3 is 0 Å². The molecule has 0 aliphatic carbocycles. The summed E-state index contributed by atoms with van der Waals surface area (Å²) in [5.41, 5.74) is 2.11. The number of methoxy groups -OCH3 is 2. The number of rotatable bonds is 9. The van der Waals surface area contributed by atoms with Gasteiger partial charge in [-0.25, -0.2) is 8.42 Å². The van der Waals surface area contributed by atoms with Gasteiger partial charge in [0.25, 0.3) is 0 Å². The highest BCUT2D eigenvalue weighted by Crippen LogP contribution is 2.31. The Balaban J connectivity index is 2.23. The molecule has 0 unspecified atom stereocenters. The Morgan fingerprint density at radius 2 is 1.76 bits per heavy atom. The first-order valence-corrected chi connectivity index (χ1v) is 11.1. The summed E-state index contributed by atoms with van der Waals surface area (Å²) in [6, 6.07) is 12.2. The van der Waals surface area contributed by atoms with Gasteiger partial charge in [0.15, 0.2) is 11.5 Å². The van der Waals surface area contributed by atoms with Gasteiger partial charge in [-0.05, 0) is 42.7 Å². The zero-order valence-corrected chi connectivity index (χ0v) is 18.2. The van der Waals surface area contributed by atoms with Crippen molar-refractivity contribution in [3.8, 4) is 11.5 Å². The molecule has 0 aliphatic rings. The van der Waals surface area contributed by atoms with Crippen molar-refractivity contribution >= 4 is 21.6 Å². The fourth-order valence-corrected chi connectivity index (χ4v) is 4.00. The van der Waals surface area contributed by atoms with Crippen molar-refractivity contribution in [2.24, 2.45) is 0 Å². The Morgan fingerprint density at radius 3 is 2.31 bits per heavy atom. The molecule has 29 heavy (non-hydrogen) atoms. The molecular weight excluding hydrogens is 392 g/mol. The summed E-state index contributed by atoms with van der Waals surface area (Å²) in [5.74, 6) is 0.774. The van der Waals surface area contributed by atoms with E-state index in [-0.39, 0.29) is 18.5 Å². The summed E-state index contributed by atoms with van der Waals surface area (Å²) < 4.78 is 36.3. The van der Waals surface area contributed by atoms with E-state index in [0.717, 1.165) is 21.7 Å². The number of ether oxygens (including phenoxy) is 2. The minimum atomic E-state index is -3.63. The summed E-state index contributed by atoms with van der Waals surface area (Å²) in [6.45, 7) is 3.45. The normalized spacial score (nSPS) is 12.2. The van der Waals surface area contributed by atoms with Crippen molar-refractivity contribution in [3.63, 3.8) is 0 Å². The Kier molecular flexibility index (Phi) is 7.50. The van der Waals surface area contributed by atoms with Crippen LogP contribution in [0.5, 0.6) is 11.5 Å². The average molecular weight is 421 g/mol. The zero-order chi connectivity index (χ0) is 21.6. The van der Waals surface area contributed by atoms with E-state index < -0.39 is 10.0 Å². The summed E-state index contributed by atoms with van der Waals surface area (Å²) in [6.07, 6.45) is 1.73. The molecule has 2 aromatic carbocycles. The first kappa shape index (κ1) is 22.5. The smallest absolute Gasteiger partial charge is 0.241 e. The maximum atomic E-state index is 12.7. The Morgan fingerprint density at radius 1 is 1.10 bits per heavy atom. The topological polar surface area (TPSA) is 84.9 Å². The van der Waals surface area contributed by atoms with Crippen LogP contribution < -0.4 is 19.1 Å². The molecule has 0 saturated heterocycles. The molecule has 8 heteroatoms. The van der Waals surface area contributed by atoms with Gasteiger partial charge in [0.05, 0.1) is 32.2 Å². The van der Waals surface area contributed by atoms with Crippen LogP contribution >= 0.6 is 0 Å². The fraction of sp³-hybridized carbons (Fsp3) is 0.381. The van der Waals surface area contributed by atoms with Gasteiger partial charge in [0, 0.05) is 0 Å². The number of anilines is 1. The van der Waals surface area contributed by atoms with E-state index in [1.807, 2.05) is 38.1 Å². The van der Waals surface area contributed by atoms with Crippen molar-refractivity contribution in [1.82, 2.24) is 5.32 Å². The second-order valence-electron chi connectivity index (χ2n) is 6.70. The predicted molar refractivity (Wildman–Crippen MR) is 114 cm³/mol. The van der Waals surface area contributed by atoms with E-state index in [4.69, 9.17) is 9.47 Å². The average Bonchev–Trinajstić information content (AvgIpc) is 2.69. The molecule has 1 amide bonds. The van der Waals surface area contributed by atoms with Crippen LogP contribution in [0, 0.1) is 6.92 Å². The largest absolute Gasteiger partial charge is 0.493 e. The summed E-state index contributed by atoms with van der Waals surface area (Å²) in [5, 5.41) is 2.92. The number of carbonyl (C=O) groups is 1. The number of benzene rings is 2. The van der Waals surface area contributed by atoms with Crippen LogP contribution in [-0.2, 0) is 14.8 Å². The van der Waals surface area contributed by atoms with E-state index in [2.05, 4.69) is 5.32 Å². The Hall–Kier alpha value is -2.74. The minimum absolute atomic E-state index is 0.291. The van der Waals surface area contributed by atoms with Crippen molar-refractivity contribution in [2.45, 2.75) is 26.3 Å². The lowest BCUT2D eigenvalue weighted by Crippen LogP contribution is -2.41. The monoisotopic (exact) mass is 420 g/mol. The number of hydrogen-bond donors (Lipinski definition) is 1. The lowest BCUT2D eigenvalue weighted by atomic mass is 10.0. The number of para-hydroxylation sites is 1.